The molecule has 7 nitrogen and oxygen atoms in total. The third-order valence-corrected chi connectivity index (χ3v) is 2.52. The number of imidazole rings is 1. The van der Waals surface area contributed by atoms with Crippen LogP contribution in [0.4, 0.5) is 0 Å². The quantitative estimate of drug-likeness (QED) is 0.483. The number of phenolic OH excluding ortho intramolecular Hbond substituents is 2. The van der Waals surface area contributed by atoms with E-state index >= 15 is 0 Å². The first-order valence-electron chi connectivity index (χ1n) is 4.38. The molecule has 0 radical (unpaired) electrons. The molecule has 17 heavy (non-hydrogen) atoms. The molecule has 0 atom stereocenters. The van der Waals surface area contributed by atoms with E-state index in [1.165, 1.54) is 0 Å². The molecule has 1 aromatic carbocycles. The summed E-state index contributed by atoms with van der Waals surface area (Å²) in [5.74, 6) is -1.05. The molecular weight excluding hydrogens is 248 g/mol. The van der Waals surface area contributed by atoms with Gasteiger partial charge in [0.1, 0.15) is 34.0 Å². The van der Waals surface area contributed by atoms with Crippen molar-refractivity contribution in [1.29, 1.82) is 0 Å². The zero-order chi connectivity index (χ0) is 12.9. The molecule has 8 heteroatoms. The summed E-state index contributed by atoms with van der Waals surface area (Å²) in [4.78, 5) is 4.79. The molecule has 0 unspecified atom stereocenters. The van der Waals surface area contributed by atoms with E-state index in [1.807, 2.05) is 12.4 Å². The summed E-state index contributed by atoms with van der Waals surface area (Å²) < 4.78 is 31.1. The summed E-state index contributed by atoms with van der Waals surface area (Å²) in [5, 5.41) is 17.7. The fraction of sp³-hybridized carbons (Fsp3) is 0. The van der Waals surface area contributed by atoms with Crippen molar-refractivity contribution < 1.29 is 28.2 Å². The van der Waals surface area contributed by atoms with E-state index in [0.717, 1.165) is 12.1 Å². The van der Waals surface area contributed by atoms with Crippen LogP contribution >= 0.6 is 0 Å². The Morgan fingerprint density at radius 2 is 2.00 bits per heavy atom. The summed E-state index contributed by atoms with van der Waals surface area (Å²) in [7, 11) is -4.72. The predicted octanol–water partition coefficient (Wildman–Crippen LogP) is -0.169. The van der Waals surface area contributed by atoms with Crippen LogP contribution in [0.2, 0.25) is 0 Å². The molecule has 0 spiro atoms. The second-order valence-electron chi connectivity index (χ2n) is 2.92. The van der Waals surface area contributed by atoms with Crippen molar-refractivity contribution in [2.75, 3.05) is 0 Å². The number of benzene rings is 1. The van der Waals surface area contributed by atoms with E-state index in [4.69, 9.17) is 10.2 Å². The van der Waals surface area contributed by atoms with Crippen LogP contribution in [0, 0.1) is 0 Å². The first-order chi connectivity index (χ1) is 7.91. The van der Waals surface area contributed by atoms with Crippen LogP contribution in [-0.4, -0.2) is 28.2 Å². The molecule has 0 amide bonds. The highest BCUT2D eigenvalue weighted by molar-refractivity contribution is 7.85. The van der Waals surface area contributed by atoms with Gasteiger partial charge in [-0.25, -0.2) is 8.42 Å². The monoisotopic (exact) mass is 258 g/mol. The minimum absolute atomic E-state index is 0.387. The average molecular weight is 258 g/mol. The van der Waals surface area contributed by atoms with E-state index in [-0.39, 0.29) is 5.75 Å². The van der Waals surface area contributed by atoms with Crippen LogP contribution in [-0.2, 0) is 10.1 Å². The molecule has 1 heterocycles. The number of nitrogens with one attached hydrogen (secondary N) is 2. The lowest BCUT2D eigenvalue weighted by Crippen LogP contribution is -1.98. The van der Waals surface area contributed by atoms with Crippen molar-refractivity contribution in [3.63, 3.8) is 0 Å². The Hall–Kier alpha value is -2.06. The normalized spacial score (nSPS) is 10.4. The lowest BCUT2D eigenvalue weighted by atomic mass is 10.3. The first-order valence-corrected chi connectivity index (χ1v) is 5.79. The van der Waals surface area contributed by atoms with Crippen LogP contribution in [0.1, 0.15) is 0 Å². The van der Waals surface area contributed by atoms with E-state index in [2.05, 4.69) is 9.97 Å². The van der Waals surface area contributed by atoms with Crippen molar-refractivity contribution in [2.24, 2.45) is 0 Å². The van der Waals surface area contributed by atoms with Gasteiger partial charge in [0.15, 0.2) is 0 Å². The highest BCUT2D eigenvalue weighted by Gasteiger charge is 2.08. The van der Waals surface area contributed by atoms with Gasteiger partial charge >= 0.3 is 0 Å². The smallest absolute Gasteiger partial charge is 0.239 e. The van der Waals surface area contributed by atoms with Crippen molar-refractivity contribution in [1.82, 2.24) is 4.98 Å². The Morgan fingerprint density at radius 3 is 2.35 bits per heavy atom. The summed E-state index contributed by atoms with van der Waals surface area (Å²) in [6, 6.07) is 2.70. The molecule has 4 N–H and O–H groups in total. The number of hydrogen-bond acceptors (Lipinski definition) is 5. The Kier molecular flexibility index (Phi) is 4.07. The van der Waals surface area contributed by atoms with Gasteiger partial charge in [-0.2, -0.15) is 0 Å². The molecule has 0 aliphatic heterocycles. The molecule has 1 aromatic heterocycles. The lowest BCUT2D eigenvalue weighted by Gasteiger charge is -2.08. The minimum Gasteiger partial charge on any atom is -0.744 e. The zero-order valence-electron chi connectivity index (χ0n) is 8.49. The molecule has 0 aliphatic carbocycles. The van der Waals surface area contributed by atoms with Crippen LogP contribution in [0.15, 0.2) is 41.8 Å². The van der Waals surface area contributed by atoms with Gasteiger partial charge < -0.3 is 14.8 Å². The van der Waals surface area contributed by atoms with Crippen molar-refractivity contribution in [3.8, 4) is 11.5 Å². The van der Waals surface area contributed by atoms with Gasteiger partial charge in [0.25, 0.3) is 0 Å². The fourth-order valence-electron chi connectivity index (χ4n) is 0.944. The SMILES string of the molecule is O=S(=O)([O-])c1cc(O)ccc1O.c1c[nH+]c[nH]1. The first kappa shape index (κ1) is 13.0. The van der Waals surface area contributed by atoms with Crippen LogP contribution < -0.4 is 4.98 Å². The lowest BCUT2D eigenvalue weighted by molar-refractivity contribution is -0.375. The van der Waals surface area contributed by atoms with Gasteiger partial charge in [-0.3, -0.25) is 9.97 Å². The summed E-state index contributed by atoms with van der Waals surface area (Å²) in [6.45, 7) is 0. The fourth-order valence-corrected chi connectivity index (χ4v) is 1.53. The maximum atomic E-state index is 10.4. The van der Waals surface area contributed by atoms with Crippen molar-refractivity contribution in [2.45, 2.75) is 4.90 Å². The molecule has 92 valence electrons. The maximum absolute atomic E-state index is 10.4. The summed E-state index contributed by atoms with van der Waals surface area (Å²) in [5.41, 5.74) is 0. The Morgan fingerprint density at radius 1 is 1.29 bits per heavy atom. The number of rotatable bonds is 1. The average Bonchev–Trinajstić information content (AvgIpc) is 2.78. The second kappa shape index (κ2) is 5.32. The van der Waals surface area contributed by atoms with Crippen LogP contribution in [0.5, 0.6) is 11.5 Å². The number of aromatic amines is 2. The van der Waals surface area contributed by atoms with Crippen LogP contribution in [0.25, 0.3) is 0 Å². The number of aromatic hydroxyl groups is 2. The maximum Gasteiger partial charge on any atom is 0.239 e. The van der Waals surface area contributed by atoms with Gasteiger partial charge in [0.05, 0.1) is 4.90 Å². The van der Waals surface area contributed by atoms with E-state index in [1.54, 1.807) is 6.33 Å². The minimum atomic E-state index is -4.72. The zero-order valence-corrected chi connectivity index (χ0v) is 9.31. The standard InChI is InChI=1S/C6H6O5S.C3H4N2/c7-4-1-2-5(8)6(3-4)12(9,10)11;1-2-5-3-4-1/h1-3,7-8H,(H,9,10,11);1-3H,(H,4,5). The number of phenols is 2. The molecular formula is C9H10N2O5S. The second-order valence-corrected chi connectivity index (χ2v) is 4.27. The third-order valence-electron chi connectivity index (χ3n) is 1.66. The third kappa shape index (κ3) is 4.13. The molecule has 0 aliphatic rings. The summed E-state index contributed by atoms with van der Waals surface area (Å²) in [6.07, 6.45) is 5.39. The van der Waals surface area contributed by atoms with E-state index in [0.29, 0.717) is 6.07 Å². The van der Waals surface area contributed by atoms with Crippen molar-refractivity contribution >= 4 is 10.1 Å². The highest BCUT2D eigenvalue weighted by atomic mass is 32.2. The summed E-state index contributed by atoms with van der Waals surface area (Å²) >= 11 is 0. The largest absolute Gasteiger partial charge is 0.744 e. The molecule has 0 saturated carbocycles. The highest BCUT2D eigenvalue weighted by Crippen LogP contribution is 2.25. The Bertz CT molecular complexity index is 548. The van der Waals surface area contributed by atoms with E-state index in [9.17, 15) is 13.0 Å². The van der Waals surface area contributed by atoms with Crippen molar-refractivity contribution in [3.05, 3.63) is 36.9 Å². The van der Waals surface area contributed by atoms with Gasteiger partial charge in [0, 0.05) is 6.07 Å². The van der Waals surface area contributed by atoms with Gasteiger partial charge in [0.2, 0.25) is 6.33 Å². The van der Waals surface area contributed by atoms with Gasteiger partial charge in [-0.15, -0.1) is 0 Å². The van der Waals surface area contributed by atoms with Gasteiger partial charge in [-0.1, -0.05) is 0 Å². The number of aromatic nitrogens is 2. The molecule has 0 saturated heterocycles. The van der Waals surface area contributed by atoms with E-state index < -0.39 is 20.8 Å². The molecule has 0 bridgehead atoms. The van der Waals surface area contributed by atoms with Gasteiger partial charge in [-0.05, 0) is 12.1 Å². The molecule has 0 fully saturated rings. The Labute approximate surface area is 97.1 Å². The molecule has 2 aromatic rings. The Balaban J connectivity index is 0.000000239. The van der Waals surface area contributed by atoms with Crippen LogP contribution in [0.3, 0.4) is 0 Å². The predicted molar refractivity (Wildman–Crippen MR) is 55.1 cm³/mol. The topological polar surface area (TPSA) is 128 Å². The molecule has 2 rings (SSSR count). The number of hydrogen-bond donors (Lipinski definition) is 3. The number of H-pyrrole nitrogens is 2.